The van der Waals surface area contributed by atoms with Gasteiger partial charge in [-0.05, 0) is 25.0 Å². The number of aromatic nitrogens is 3. The Kier molecular flexibility index (Phi) is 3.83. The summed E-state index contributed by atoms with van der Waals surface area (Å²) in [6.07, 6.45) is 3.10. The molecule has 1 aliphatic rings. The molecule has 2 aromatic rings. The summed E-state index contributed by atoms with van der Waals surface area (Å²) >= 11 is 0. The Bertz CT molecular complexity index is 708. The number of pyridine rings is 1. The van der Waals surface area contributed by atoms with Gasteiger partial charge in [0.05, 0.1) is 12.8 Å². The van der Waals surface area contributed by atoms with Gasteiger partial charge in [-0.2, -0.15) is 5.10 Å². The van der Waals surface area contributed by atoms with Crippen LogP contribution >= 0.6 is 0 Å². The molecule has 1 unspecified atom stereocenters. The summed E-state index contributed by atoms with van der Waals surface area (Å²) in [7, 11) is 1.59. The normalized spacial score (nSPS) is 17.0. The number of aryl methyl sites for hydroxylation is 2. The summed E-state index contributed by atoms with van der Waals surface area (Å²) in [6.45, 7) is 4.88. The number of hydrogen-bond acceptors (Lipinski definition) is 4. The largest absolute Gasteiger partial charge is 0.481 e. The van der Waals surface area contributed by atoms with Crippen molar-refractivity contribution in [1.82, 2.24) is 14.8 Å². The molecule has 116 valence electrons. The number of nitrogens with zero attached hydrogens (tertiary/aromatic N) is 3. The first kappa shape index (κ1) is 14.6. The van der Waals surface area contributed by atoms with Crippen molar-refractivity contribution in [1.29, 1.82) is 0 Å². The zero-order valence-electron chi connectivity index (χ0n) is 13.1. The van der Waals surface area contributed by atoms with Crippen LogP contribution in [0.25, 0.3) is 0 Å². The Hall–Kier alpha value is -2.37. The van der Waals surface area contributed by atoms with Crippen molar-refractivity contribution in [3.8, 4) is 5.88 Å². The Morgan fingerprint density at radius 3 is 3.05 bits per heavy atom. The molecule has 1 aliphatic heterocycles. The van der Waals surface area contributed by atoms with Crippen molar-refractivity contribution in [3.63, 3.8) is 0 Å². The summed E-state index contributed by atoms with van der Waals surface area (Å²) in [5.74, 6) is 1.40. The van der Waals surface area contributed by atoms with Crippen LogP contribution in [-0.4, -0.2) is 27.8 Å². The Labute approximate surface area is 129 Å². The number of carbonyl (C=O) groups is 1. The van der Waals surface area contributed by atoms with E-state index >= 15 is 0 Å². The van der Waals surface area contributed by atoms with Gasteiger partial charge in [-0.1, -0.05) is 6.92 Å². The molecule has 2 aromatic heterocycles. The summed E-state index contributed by atoms with van der Waals surface area (Å²) in [5.41, 5.74) is 3.09. The number of ether oxygens (including phenoxy) is 1. The number of rotatable bonds is 4. The third kappa shape index (κ3) is 2.45. The Morgan fingerprint density at radius 1 is 1.50 bits per heavy atom. The molecule has 1 N–H and O–H groups in total. The molecule has 0 spiro atoms. The molecular weight excluding hydrogens is 280 g/mol. The van der Waals surface area contributed by atoms with Crippen LogP contribution in [0.4, 0.5) is 5.82 Å². The second kappa shape index (κ2) is 5.79. The third-order valence-corrected chi connectivity index (χ3v) is 3.98. The minimum absolute atomic E-state index is 0.00810. The number of methoxy groups -OCH3 is 1. The van der Waals surface area contributed by atoms with Gasteiger partial charge in [-0.25, -0.2) is 9.67 Å². The predicted octanol–water partition coefficient (Wildman–Crippen LogP) is 2.48. The maximum atomic E-state index is 12.1. The molecule has 22 heavy (non-hydrogen) atoms. The molecule has 0 fully saturated rings. The SMILES string of the molecule is CCCn1nc(C)c2c1NC(=O)CC2c1ccnc(OC)c1. The topological polar surface area (TPSA) is 69.0 Å². The van der Waals surface area contributed by atoms with Gasteiger partial charge in [0.25, 0.3) is 0 Å². The lowest BCUT2D eigenvalue weighted by Crippen LogP contribution is -2.25. The number of anilines is 1. The summed E-state index contributed by atoms with van der Waals surface area (Å²) in [6, 6.07) is 3.83. The number of hydrogen-bond donors (Lipinski definition) is 1. The summed E-state index contributed by atoms with van der Waals surface area (Å²) in [4.78, 5) is 16.3. The zero-order valence-corrected chi connectivity index (χ0v) is 13.1. The molecule has 0 saturated heterocycles. The minimum Gasteiger partial charge on any atom is -0.481 e. The van der Waals surface area contributed by atoms with E-state index in [4.69, 9.17) is 4.74 Å². The fraction of sp³-hybridized carbons (Fsp3) is 0.438. The van der Waals surface area contributed by atoms with Gasteiger partial charge in [-0.15, -0.1) is 0 Å². The van der Waals surface area contributed by atoms with Gasteiger partial charge >= 0.3 is 0 Å². The smallest absolute Gasteiger partial charge is 0.226 e. The predicted molar refractivity (Wildman–Crippen MR) is 83.1 cm³/mol. The Morgan fingerprint density at radius 2 is 2.32 bits per heavy atom. The van der Waals surface area contributed by atoms with E-state index in [0.29, 0.717) is 12.3 Å². The Balaban J connectivity index is 2.09. The molecule has 0 aliphatic carbocycles. The van der Waals surface area contributed by atoms with E-state index < -0.39 is 0 Å². The number of nitrogens with one attached hydrogen (secondary N) is 1. The molecule has 1 amide bonds. The lowest BCUT2D eigenvalue weighted by Gasteiger charge is -2.24. The highest BCUT2D eigenvalue weighted by Crippen LogP contribution is 2.39. The highest BCUT2D eigenvalue weighted by molar-refractivity contribution is 5.94. The van der Waals surface area contributed by atoms with E-state index in [2.05, 4.69) is 22.3 Å². The second-order valence-corrected chi connectivity index (χ2v) is 5.51. The molecule has 0 saturated carbocycles. The van der Waals surface area contributed by atoms with Crippen LogP contribution in [0.3, 0.4) is 0 Å². The molecule has 6 heteroatoms. The van der Waals surface area contributed by atoms with Crippen molar-refractivity contribution in [3.05, 3.63) is 35.2 Å². The van der Waals surface area contributed by atoms with Crippen LogP contribution < -0.4 is 10.1 Å². The van der Waals surface area contributed by atoms with E-state index in [1.165, 1.54) is 0 Å². The average Bonchev–Trinajstić information content (AvgIpc) is 2.83. The fourth-order valence-electron chi connectivity index (χ4n) is 3.03. The lowest BCUT2D eigenvalue weighted by atomic mass is 9.86. The summed E-state index contributed by atoms with van der Waals surface area (Å²) < 4.78 is 7.10. The first-order valence-electron chi connectivity index (χ1n) is 7.51. The molecule has 3 rings (SSSR count). The van der Waals surface area contributed by atoms with Gasteiger partial charge < -0.3 is 10.1 Å². The van der Waals surface area contributed by atoms with Crippen LogP contribution in [0.2, 0.25) is 0 Å². The first-order chi connectivity index (χ1) is 10.6. The summed E-state index contributed by atoms with van der Waals surface area (Å²) in [5, 5.41) is 7.57. The van der Waals surface area contributed by atoms with Crippen molar-refractivity contribution in [2.75, 3.05) is 12.4 Å². The zero-order chi connectivity index (χ0) is 15.7. The van der Waals surface area contributed by atoms with Gasteiger partial charge in [-0.3, -0.25) is 4.79 Å². The van der Waals surface area contributed by atoms with Crippen LogP contribution in [0.5, 0.6) is 5.88 Å². The molecule has 0 bridgehead atoms. The monoisotopic (exact) mass is 300 g/mol. The van der Waals surface area contributed by atoms with Crippen LogP contribution in [0.15, 0.2) is 18.3 Å². The number of carbonyl (C=O) groups excluding carboxylic acids is 1. The fourth-order valence-corrected chi connectivity index (χ4v) is 3.03. The molecule has 0 radical (unpaired) electrons. The van der Waals surface area contributed by atoms with E-state index in [1.54, 1.807) is 13.3 Å². The highest BCUT2D eigenvalue weighted by Gasteiger charge is 2.32. The molecule has 1 atom stereocenters. The van der Waals surface area contributed by atoms with Crippen molar-refractivity contribution in [2.45, 2.75) is 39.2 Å². The number of fused-ring (bicyclic) bond motifs is 1. The quantitative estimate of drug-likeness (QED) is 0.942. The van der Waals surface area contributed by atoms with Crippen LogP contribution in [0.1, 0.15) is 42.5 Å². The highest BCUT2D eigenvalue weighted by atomic mass is 16.5. The average molecular weight is 300 g/mol. The number of amides is 1. The van der Waals surface area contributed by atoms with Crippen molar-refractivity contribution in [2.24, 2.45) is 0 Å². The second-order valence-electron chi connectivity index (χ2n) is 5.51. The molecule has 3 heterocycles. The molecule has 6 nitrogen and oxygen atoms in total. The van der Waals surface area contributed by atoms with Crippen molar-refractivity contribution >= 4 is 11.7 Å². The molecular formula is C16H20N4O2. The van der Waals surface area contributed by atoms with E-state index in [0.717, 1.165) is 35.6 Å². The maximum absolute atomic E-state index is 12.1. The van der Waals surface area contributed by atoms with Gasteiger partial charge in [0, 0.05) is 36.7 Å². The third-order valence-electron chi connectivity index (χ3n) is 3.98. The van der Waals surface area contributed by atoms with E-state index in [-0.39, 0.29) is 11.8 Å². The van der Waals surface area contributed by atoms with Crippen LogP contribution in [-0.2, 0) is 11.3 Å². The van der Waals surface area contributed by atoms with Crippen molar-refractivity contribution < 1.29 is 9.53 Å². The van der Waals surface area contributed by atoms with Gasteiger partial charge in [0.15, 0.2) is 0 Å². The van der Waals surface area contributed by atoms with Gasteiger partial charge in [0.2, 0.25) is 11.8 Å². The minimum atomic E-state index is -0.00810. The van der Waals surface area contributed by atoms with Crippen LogP contribution in [0, 0.1) is 6.92 Å². The molecule has 0 aromatic carbocycles. The maximum Gasteiger partial charge on any atom is 0.226 e. The standard InChI is InChI=1S/C16H20N4O2/c1-4-7-20-16-15(10(2)19-20)12(9-13(21)18-16)11-5-6-17-14(8-11)22-3/h5-6,8,12H,4,7,9H2,1-3H3,(H,18,21). The van der Waals surface area contributed by atoms with E-state index in [1.807, 2.05) is 23.7 Å². The van der Waals surface area contributed by atoms with Gasteiger partial charge in [0.1, 0.15) is 5.82 Å². The van der Waals surface area contributed by atoms with E-state index in [9.17, 15) is 4.79 Å². The lowest BCUT2D eigenvalue weighted by molar-refractivity contribution is -0.116. The first-order valence-corrected chi connectivity index (χ1v) is 7.51.